The molecule has 0 aliphatic rings. The van der Waals surface area contributed by atoms with Crippen molar-refractivity contribution in [1.82, 2.24) is 15.0 Å². The molecule has 0 unspecified atom stereocenters. The summed E-state index contributed by atoms with van der Waals surface area (Å²) in [5.74, 6) is 0.295. The summed E-state index contributed by atoms with van der Waals surface area (Å²) >= 11 is 7.38. The van der Waals surface area contributed by atoms with Gasteiger partial charge in [-0.3, -0.25) is 4.98 Å². The highest BCUT2D eigenvalue weighted by Crippen LogP contribution is 2.32. The predicted molar refractivity (Wildman–Crippen MR) is 59.8 cm³/mol. The van der Waals surface area contributed by atoms with Crippen LogP contribution in [0.15, 0.2) is 40.8 Å². The molecular weight excluding hydrogens is 232 g/mol. The van der Waals surface area contributed by atoms with Gasteiger partial charge in [0.25, 0.3) is 0 Å². The van der Waals surface area contributed by atoms with E-state index in [-0.39, 0.29) is 0 Å². The van der Waals surface area contributed by atoms with E-state index in [1.807, 2.05) is 12.1 Å². The molecule has 0 saturated heterocycles. The minimum absolute atomic E-state index is 0.295. The third kappa shape index (κ3) is 2.37. The Kier molecular flexibility index (Phi) is 3.03. The first-order valence-electron chi connectivity index (χ1n) is 4.11. The van der Waals surface area contributed by atoms with Gasteiger partial charge in [0.2, 0.25) is 0 Å². The van der Waals surface area contributed by atoms with Gasteiger partial charge in [-0.2, -0.15) is 0 Å². The molecule has 15 heavy (non-hydrogen) atoms. The Bertz CT molecular complexity index is 463. The van der Waals surface area contributed by atoms with Gasteiger partial charge in [-0.15, -0.1) is 0 Å². The molecule has 0 saturated carbocycles. The van der Waals surface area contributed by atoms with E-state index in [1.165, 1.54) is 18.1 Å². The second-order valence-corrected chi connectivity index (χ2v) is 4.10. The molecule has 76 valence electrons. The van der Waals surface area contributed by atoms with Crippen molar-refractivity contribution in [2.45, 2.75) is 9.92 Å². The molecule has 2 rings (SSSR count). The predicted octanol–water partition coefficient (Wildman–Crippen LogP) is 2.26. The van der Waals surface area contributed by atoms with Crippen molar-refractivity contribution in [3.63, 3.8) is 0 Å². The molecule has 0 aromatic carbocycles. The number of hydrogen-bond donors (Lipinski definition) is 1. The SMILES string of the molecule is Nc1ncnc(Sc2ccncc2)c1Cl. The molecule has 0 bridgehead atoms. The molecular formula is C9H7ClN4S. The lowest BCUT2D eigenvalue weighted by Crippen LogP contribution is -1.94. The van der Waals surface area contributed by atoms with Crippen molar-refractivity contribution in [3.05, 3.63) is 35.9 Å². The number of rotatable bonds is 2. The summed E-state index contributed by atoms with van der Waals surface area (Å²) in [5.41, 5.74) is 5.57. The summed E-state index contributed by atoms with van der Waals surface area (Å²) < 4.78 is 0. The summed E-state index contributed by atoms with van der Waals surface area (Å²) in [6, 6.07) is 3.75. The highest BCUT2D eigenvalue weighted by Gasteiger charge is 2.07. The maximum Gasteiger partial charge on any atom is 0.146 e. The molecule has 0 fully saturated rings. The van der Waals surface area contributed by atoms with Crippen molar-refractivity contribution < 1.29 is 0 Å². The minimum Gasteiger partial charge on any atom is -0.382 e. The number of aromatic nitrogens is 3. The van der Waals surface area contributed by atoms with Crippen LogP contribution in [0.25, 0.3) is 0 Å². The van der Waals surface area contributed by atoms with Gasteiger partial charge >= 0.3 is 0 Å². The molecule has 0 spiro atoms. The first-order chi connectivity index (χ1) is 7.27. The number of nitrogens with zero attached hydrogens (tertiary/aromatic N) is 3. The van der Waals surface area contributed by atoms with E-state index < -0.39 is 0 Å². The van der Waals surface area contributed by atoms with Crippen LogP contribution in [-0.2, 0) is 0 Å². The molecule has 0 aliphatic carbocycles. The van der Waals surface area contributed by atoms with Crippen LogP contribution in [0.3, 0.4) is 0 Å². The second-order valence-electron chi connectivity index (χ2n) is 2.66. The zero-order valence-corrected chi connectivity index (χ0v) is 9.16. The molecule has 4 nitrogen and oxygen atoms in total. The van der Waals surface area contributed by atoms with Crippen molar-refractivity contribution in [1.29, 1.82) is 0 Å². The molecule has 2 N–H and O–H groups in total. The van der Waals surface area contributed by atoms with Gasteiger partial charge in [-0.25, -0.2) is 9.97 Å². The van der Waals surface area contributed by atoms with Gasteiger partial charge in [0.05, 0.1) is 0 Å². The summed E-state index contributed by atoms with van der Waals surface area (Å²) in [6.45, 7) is 0. The lowest BCUT2D eigenvalue weighted by molar-refractivity contribution is 1.05. The lowest BCUT2D eigenvalue weighted by atomic mass is 10.5. The molecule has 0 radical (unpaired) electrons. The highest BCUT2D eigenvalue weighted by molar-refractivity contribution is 7.99. The fourth-order valence-corrected chi connectivity index (χ4v) is 1.94. The Balaban J connectivity index is 2.29. The first-order valence-corrected chi connectivity index (χ1v) is 5.30. The standard InChI is InChI=1S/C9H7ClN4S/c10-7-8(11)13-5-14-9(7)15-6-1-3-12-4-2-6/h1-5H,(H2,11,13,14). The van der Waals surface area contributed by atoms with E-state index in [2.05, 4.69) is 15.0 Å². The molecule has 6 heteroatoms. The van der Waals surface area contributed by atoms with Gasteiger partial charge in [-0.05, 0) is 12.1 Å². The van der Waals surface area contributed by atoms with Crippen LogP contribution in [0.1, 0.15) is 0 Å². The van der Waals surface area contributed by atoms with Crippen LogP contribution in [0, 0.1) is 0 Å². The summed E-state index contributed by atoms with van der Waals surface area (Å²) in [4.78, 5) is 12.8. The fraction of sp³-hybridized carbons (Fsp3) is 0. The number of pyridine rings is 1. The average Bonchev–Trinajstić information content (AvgIpc) is 2.26. The zero-order valence-electron chi connectivity index (χ0n) is 7.59. The van der Waals surface area contributed by atoms with Gasteiger partial charge in [-0.1, -0.05) is 23.4 Å². The molecule has 2 heterocycles. The average molecular weight is 239 g/mol. The smallest absolute Gasteiger partial charge is 0.146 e. The summed E-state index contributed by atoms with van der Waals surface area (Å²) in [5, 5.41) is 1.04. The van der Waals surface area contributed by atoms with E-state index >= 15 is 0 Å². The Labute approximate surface area is 95.9 Å². The van der Waals surface area contributed by atoms with Crippen LogP contribution >= 0.6 is 23.4 Å². The van der Waals surface area contributed by atoms with E-state index in [9.17, 15) is 0 Å². The lowest BCUT2D eigenvalue weighted by Gasteiger charge is -2.03. The highest BCUT2D eigenvalue weighted by atomic mass is 35.5. The zero-order chi connectivity index (χ0) is 10.7. The Morgan fingerprint density at radius 2 is 1.93 bits per heavy atom. The third-order valence-electron chi connectivity index (χ3n) is 1.65. The second kappa shape index (κ2) is 4.46. The first kappa shape index (κ1) is 10.2. The fourth-order valence-electron chi connectivity index (χ4n) is 0.955. The number of nitrogens with two attached hydrogens (primary N) is 1. The third-order valence-corrected chi connectivity index (χ3v) is 3.14. The van der Waals surface area contributed by atoms with Crippen molar-refractivity contribution in [2.24, 2.45) is 0 Å². The molecule has 2 aromatic rings. The number of nitrogen functional groups attached to an aromatic ring is 1. The van der Waals surface area contributed by atoms with Crippen LogP contribution in [-0.4, -0.2) is 15.0 Å². The maximum absolute atomic E-state index is 5.96. The van der Waals surface area contributed by atoms with Gasteiger partial charge in [0.1, 0.15) is 22.2 Å². The summed E-state index contributed by atoms with van der Waals surface area (Å²) in [7, 11) is 0. The van der Waals surface area contributed by atoms with Gasteiger partial charge in [0.15, 0.2) is 0 Å². The van der Waals surface area contributed by atoms with Crippen molar-refractivity contribution in [3.8, 4) is 0 Å². The van der Waals surface area contributed by atoms with Crippen LogP contribution in [0.5, 0.6) is 0 Å². The van der Waals surface area contributed by atoms with E-state index in [4.69, 9.17) is 17.3 Å². The van der Waals surface area contributed by atoms with E-state index in [1.54, 1.807) is 12.4 Å². The summed E-state index contributed by atoms with van der Waals surface area (Å²) in [6.07, 6.45) is 4.81. The topological polar surface area (TPSA) is 64.7 Å². The van der Waals surface area contributed by atoms with Crippen LogP contribution in [0.4, 0.5) is 5.82 Å². The molecule has 0 atom stereocenters. The van der Waals surface area contributed by atoms with Crippen LogP contribution < -0.4 is 5.73 Å². The maximum atomic E-state index is 5.96. The molecule has 0 aliphatic heterocycles. The van der Waals surface area contributed by atoms with Crippen LogP contribution in [0.2, 0.25) is 5.02 Å². The largest absolute Gasteiger partial charge is 0.382 e. The van der Waals surface area contributed by atoms with Gasteiger partial charge in [0, 0.05) is 17.3 Å². The Hall–Kier alpha value is -1.33. The van der Waals surface area contributed by atoms with Gasteiger partial charge < -0.3 is 5.73 Å². The normalized spacial score (nSPS) is 10.2. The minimum atomic E-state index is 0.295. The monoisotopic (exact) mass is 238 g/mol. The number of anilines is 1. The Morgan fingerprint density at radius 3 is 2.67 bits per heavy atom. The molecule has 0 amide bonds. The number of hydrogen-bond acceptors (Lipinski definition) is 5. The number of halogens is 1. The van der Waals surface area contributed by atoms with Crippen molar-refractivity contribution >= 4 is 29.2 Å². The molecule has 2 aromatic heterocycles. The van der Waals surface area contributed by atoms with E-state index in [0.29, 0.717) is 15.9 Å². The quantitative estimate of drug-likeness (QED) is 0.813. The van der Waals surface area contributed by atoms with E-state index in [0.717, 1.165) is 4.90 Å². The van der Waals surface area contributed by atoms with Crippen molar-refractivity contribution in [2.75, 3.05) is 5.73 Å². The Morgan fingerprint density at radius 1 is 1.20 bits per heavy atom.